The number of rotatable bonds is 3. The summed E-state index contributed by atoms with van der Waals surface area (Å²) in [5.41, 5.74) is 4.07. The van der Waals surface area contributed by atoms with E-state index < -0.39 is 6.04 Å². The molecule has 1 fully saturated rings. The fraction of sp³-hybridized carbons (Fsp3) is 1.00. The molecule has 4 N–H and O–H groups in total. The molecule has 7 nitrogen and oxygen atoms in total. The maximum absolute atomic E-state index is 10.7. The Morgan fingerprint density at radius 1 is 1.36 bits per heavy atom. The minimum atomic E-state index is -0.738. The fourth-order valence-corrected chi connectivity index (χ4v) is 1.95. The summed E-state index contributed by atoms with van der Waals surface area (Å²) in [4.78, 5) is 10.3. The van der Waals surface area contributed by atoms with Crippen molar-refractivity contribution in [2.75, 3.05) is 0 Å². The summed E-state index contributed by atoms with van der Waals surface area (Å²) in [5.74, 6) is -0.250. The van der Waals surface area contributed by atoms with Gasteiger partial charge >= 0.3 is 0 Å². The molecule has 0 aliphatic heterocycles. The van der Waals surface area contributed by atoms with Crippen molar-refractivity contribution in [3.05, 3.63) is 10.1 Å². The average Bonchev–Trinajstić information content (AvgIpc) is 2.17. The van der Waals surface area contributed by atoms with E-state index in [9.17, 15) is 10.1 Å². The Hall–Kier alpha value is -0.760. The largest absolute Gasteiger partial charge is 0.317 e. The molecular formula is C7H15N3O4. The van der Waals surface area contributed by atoms with Crippen LogP contribution < -0.4 is 11.0 Å². The van der Waals surface area contributed by atoms with Crippen LogP contribution >= 0.6 is 0 Å². The van der Waals surface area contributed by atoms with Crippen LogP contribution in [0, 0.1) is 16.0 Å². The van der Waals surface area contributed by atoms with E-state index in [0.717, 1.165) is 0 Å². The highest BCUT2D eigenvalue weighted by molar-refractivity contribution is 4.88. The molecule has 1 aliphatic carbocycles. The van der Waals surface area contributed by atoms with Crippen LogP contribution in [-0.4, -0.2) is 33.5 Å². The van der Waals surface area contributed by atoms with E-state index in [-0.39, 0.29) is 29.3 Å². The van der Waals surface area contributed by atoms with E-state index in [4.69, 9.17) is 10.4 Å². The van der Waals surface area contributed by atoms with Crippen LogP contribution in [0.1, 0.15) is 19.8 Å². The Bertz CT molecular complexity index is 213. The van der Waals surface area contributed by atoms with Gasteiger partial charge in [0.05, 0.1) is 0 Å². The zero-order chi connectivity index (χ0) is 10.7. The molecule has 0 radical (unpaired) electrons. The minimum absolute atomic E-state index is 0.250. The van der Waals surface area contributed by atoms with E-state index in [0.29, 0.717) is 6.42 Å². The van der Waals surface area contributed by atoms with Crippen LogP contribution in [0.4, 0.5) is 0 Å². The van der Waals surface area contributed by atoms with E-state index in [1.807, 2.05) is 11.0 Å². The third-order valence-electron chi connectivity index (χ3n) is 2.93. The van der Waals surface area contributed by atoms with Crippen LogP contribution in [0.2, 0.25) is 0 Å². The van der Waals surface area contributed by atoms with Gasteiger partial charge in [0.1, 0.15) is 0 Å². The lowest BCUT2D eigenvalue weighted by molar-refractivity contribution is -0.537. The van der Waals surface area contributed by atoms with Crippen LogP contribution in [0.5, 0.6) is 0 Å². The van der Waals surface area contributed by atoms with Crippen molar-refractivity contribution in [3.63, 3.8) is 0 Å². The Morgan fingerprint density at radius 3 is 2.43 bits per heavy atom. The van der Waals surface area contributed by atoms with Gasteiger partial charge in [-0.1, -0.05) is 6.92 Å². The Balaban J connectivity index is 2.70. The number of nitrogens with zero attached hydrogens (tertiary/aromatic N) is 1. The van der Waals surface area contributed by atoms with Crippen molar-refractivity contribution < 1.29 is 15.3 Å². The van der Waals surface area contributed by atoms with Gasteiger partial charge in [0.25, 0.3) is 0 Å². The second kappa shape index (κ2) is 4.65. The molecule has 1 rings (SSSR count). The summed E-state index contributed by atoms with van der Waals surface area (Å²) >= 11 is 0. The normalized spacial score (nSPS) is 38.2. The molecule has 7 heteroatoms. The maximum atomic E-state index is 10.7. The molecular weight excluding hydrogens is 190 g/mol. The van der Waals surface area contributed by atoms with Crippen molar-refractivity contribution in [1.82, 2.24) is 11.0 Å². The topological polar surface area (TPSA) is 108 Å². The first kappa shape index (κ1) is 11.3. The molecule has 4 atom stereocenters. The molecule has 0 aromatic rings. The summed E-state index contributed by atoms with van der Waals surface area (Å²) in [6.45, 7) is 1.72. The van der Waals surface area contributed by atoms with Gasteiger partial charge in [-0.2, -0.15) is 0 Å². The predicted octanol–water partition coefficient (Wildman–Crippen LogP) is -0.244. The third kappa shape index (κ3) is 2.18. The maximum Gasteiger partial charge on any atom is 0.218 e. The number of nitro groups is 1. The fourth-order valence-electron chi connectivity index (χ4n) is 1.95. The lowest BCUT2D eigenvalue weighted by Gasteiger charge is -2.34. The van der Waals surface area contributed by atoms with Crippen molar-refractivity contribution in [1.29, 1.82) is 0 Å². The molecule has 1 aliphatic rings. The monoisotopic (exact) mass is 205 g/mol. The zero-order valence-electron chi connectivity index (χ0n) is 7.88. The van der Waals surface area contributed by atoms with Crippen molar-refractivity contribution in [2.45, 2.75) is 37.9 Å². The summed E-state index contributed by atoms with van der Waals surface area (Å²) in [6.07, 6.45) is 0.751. The van der Waals surface area contributed by atoms with E-state index in [1.54, 1.807) is 6.92 Å². The zero-order valence-corrected chi connectivity index (χ0v) is 7.88. The predicted molar refractivity (Wildman–Crippen MR) is 46.6 cm³/mol. The number of hydroxylamine groups is 2. The molecule has 0 spiro atoms. The SMILES string of the molecule is CC1C(NO)CC(NO)CC1[N+](=O)[O-]. The second-order valence-electron chi connectivity index (χ2n) is 3.74. The van der Waals surface area contributed by atoms with Crippen LogP contribution in [0.3, 0.4) is 0 Å². The van der Waals surface area contributed by atoms with Crippen LogP contribution in [0.15, 0.2) is 0 Å². The third-order valence-corrected chi connectivity index (χ3v) is 2.93. The van der Waals surface area contributed by atoms with Crippen molar-refractivity contribution >= 4 is 0 Å². The summed E-state index contributed by atoms with van der Waals surface area (Å²) in [5, 5.41) is 28.2. The van der Waals surface area contributed by atoms with Gasteiger partial charge in [-0.05, 0) is 6.42 Å². The molecule has 1 saturated carbocycles. The highest BCUT2D eigenvalue weighted by Crippen LogP contribution is 2.26. The van der Waals surface area contributed by atoms with Gasteiger partial charge in [-0.15, -0.1) is 0 Å². The van der Waals surface area contributed by atoms with Crippen LogP contribution in [0.25, 0.3) is 0 Å². The molecule has 0 heterocycles. The van der Waals surface area contributed by atoms with Gasteiger partial charge in [-0.3, -0.25) is 10.1 Å². The molecule has 14 heavy (non-hydrogen) atoms. The second-order valence-corrected chi connectivity index (χ2v) is 3.74. The van der Waals surface area contributed by atoms with E-state index in [1.165, 1.54) is 0 Å². The van der Waals surface area contributed by atoms with E-state index >= 15 is 0 Å². The van der Waals surface area contributed by atoms with Gasteiger partial charge < -0.3 is 10.4 Å². The molecule has 0 bridgehead atoms. The van der Waals surface area contributed by atoms with Gasteiger partial charge in [0.2, 0.25) is 6.04 Å². The minimum Gasteiger partial charge on any atom is -0.317 e. The number of hydrogen-bond donors (Lipinski definition) is 4. The highest BCUT2D eigenvalue weighted by Gasteiger charge is 2.41. The number of hydrogen-bond acceptors (Lipinski definition) is 6. The molecule has 4 unspecified atom stereocenters. The van der Waals surface area contributed by atoms with E-state index in [2.05, 4.69) is 0 Å². The Morgan fingerprint density at radius 2 is 2.00 bits per heavy atom. The summed E-state index contributed by atoms with van der Waals surface area (Å²) < 4.78 is 0. The van der Waals surface area contributed by atoms with Crippen molar-refractivity contribution in [3.8, 4) is 0 Å². The van der Waals surface area contributed by atoms with Gasteiger partial charge in [0, 0.05) is 29.3 Å². The number of nitrogens with one attached hydrogen (secondary N) is 2. The Kier molecular flexibility index (Phi) is 3.76. The van der Waals surface area contributed by atoms with Gasteiger partial charge in [0.15, 0.2) is 0 Å². The molecule has 0 aromatic heterocycles. The molecule has 0 amide bonds. The Labute approximate surface area is 81.2 Å². The summed E-state index contributed by atoms with van der Waals surface area (Å²) in [7, 11) is 0. The molecule has 82 valence electrons. The quantitative estimate of drug-likeness (QED) is 0.374. The molecule has 0 saturated heterocycles. The first-order chi connectivity index (χ1) is 6.60. The first-order valence-corrected chi connectivity index (χ1v) is 4.52. The van der Waals surface area contributed by atoms with Crippen molar-refractivity contribution in [2.24, 2.45) is 5.92 Å². The molecule has 0 aromatic carbocycles. The lowest BCUT2D eigenvalue weighted by Crippen LogP contribution is -2.52. The first-order valence-electron chi connectivity index (χ1n) is 4.52. The average molecular weight is 205 g/mol. The smallest absolute Gasteiger partial charge is 0.218 e. The summed E-state index contributed by atoms with van der Waals surface area (Å²) in [6, 6.07) is -1.44. The lowest BCUT2D eigenvalue weighted by atomic mass is 9.80. The highest BCUT2D eigenvalue weighted by atomic mass is 16.6. The van der Waals surface area contributed by atoms with Crippen LogP contribution in [-0.2, 0) is 0 Å². The standard InChI is InChI=1S/C7H15N3O4/c1-4-6(9-12)2-5(8-11)3-7(4)10(13)14/h4-9,11-12H,2-3H2,1H3. The van der Waals surface area contributed by atoms with Gasteiger partial charge in [-0.25, -0.2) is 11.0 Å².